The molecule has 0 spiro atoms. The van der Waals surface area contributed by atoms with Crippen molar-refractivity contribution < 1.29 is 19.1 Å². The van der Waals surface area contributed by atoms with Crippen LogP contribution in [0.25, 0.3) is 0 Å². The molecule has 6 nitrogen and oxygen atoms in total. The molecule has 1 aliphatic carbocycles. The van der Waals surface area contributed by atoms with Crippen LogP contribution in [0.5, 0.6) is 0 Å². The molecule has 5 N–H and O–H groups in total. The van der Waals surface area contributed by atoms with Gasteiger partial charge in [-0.3, -0.25) is 9.59 Å². The van der Waals surface area contributed by atoms with E-state index in [1.54, 1.807) is 12.1 Å². The Morgan fingerprint density at radius 1 is 1.40 bits per heavy atom. The van der Waals surface area contributed by atoms with E-state index in [0.717, 1.165) is 0 Å². The van der Waals surface area contributed by atoms with Gasteiger partial charge in [0.2, 0.25) is 0 Å². The quantitative estimate of drug-likeness (QED) is 0.704. The molecule has 1 saturated carbocycles. The summed E-state index contributed by atoms with van der Waals surface area (Å²) >= 11 is 3.05. The molecule has 20 heavy (non-hydrogen) atoms. The lowest BCUT2D eigenvalue weighted by atomic mass is 9.97. The molecule has 0 amide bonds. The predicted octanol–water partition coefficient (Wildman–Crippen LogP) is 2.16. The first-order valence-corrected chi connectivity index (χ1v) is 7.16. The minimum Gasteiger partial charge on any atom is -0.480 e. The zero-order chi connectivity index (χ0) is 15.4. The number of hydrogen-bond acceptors (Lipinski definition) is 5. The minimum absolute atomic E-state index is 0.278. The van der Waals surface area contributed by atoms with Gasteiger partial charge >= 0.3 is 5.97 Å². The Morgan fingerprint density at radius 3 is 2.15 bits per heavy atom. The molecule has 0 unspecified atom stereocenters. The van der Waals surface area contributed by atoms with Crippen LogP contribution in [0, 0.1) is 0 Å². The Balaban J connectivity index is 0.000000280. The zero-order valence-corrected chi connectivity index (χ0v) is 12.8. The average Bonchev–Trinajstić information content (AvgIpc) is 2.87. The van der Waals surface area contributed by atoms with Crippen molar-refractivity contribution in [1.29, 1.82) is 0 Å². The normalized spacial score (nSPS) is 14.3. The van der Waals surface area contributed by atoms with Crippen LogP contribution in [-0.4, -0.2) is 29.9 Å². The molecule has 0 aliphatic heterocycles. The van der Waals surface area contributed by atoms with Gasteiger partial charge in [-0.2, -0.15) is 0 Å². The number of hydrogen-bond donors (Lipinski definition) is 3. The number of rotatable bonds is 2. The monoisotopic (exact) mass is 348 g/mol. The molecule has 0 saturated heterocycles. The molecule has 0 radical (unpaired) electrons. The van der Waals surface area contributed by atoms with Crippen LogP contribution in [0.3, 0.4) is 0 Å². The van der Waals surface area contributed by atoms with Gasteiger partial charge in [0.25, 0.3) is 0 Å². The number of carboxylic acids is 1. The van der Waals surface area contributed by atoms with E-state index < -0.39 is 5.97 Å². The van der Waals surface area contributed by atoms with E-state index in [2.05, 4.69) is 21.7 Å². The van der Waals surface area contributed by atoms with Crippen LogP contribution < -0.4 is 11.5 Å². The Hall–Kier alpha value is -1.18. The topological polar surface area (TPSA) is 120 Å². The van der Waals surface area contributed by atoms with Gasteiger partial charge in [-0.15, -0.1) is 0 Å². The lowest BCUT2D eigenvalue weighted by Gasteiger charge is -2.15. The van der Waals surface area contributed by atoms with Crippen molar-refractivity contribution in [3.63, 3.8) is 0 Å². The van der Waals surface area contributed by atoms with Gasteiger partial charge in [-0.1, -0.05) is 19.3 Å². The number of carbonyl (C=O) groups excluding carboxylic acids is 1. The highest BCUT2D eigenvalue weighted by Gasteiger charge is 2.06. The van der Waals surface area contributed by atoms with Crippen molar-refractivity contribution in [2.45, 2.75) is 38.1 Å². The molecular formula is C13H21BrN2O4. The molecular weight excluding hydrogens is 328 g/mol. The first kappa shape index (κ1) is 18.8. The maximum atomic E-state index is 9.91. The summed E-state index contributed by atoms with van der Waals surface area (Å²) in [5, 5.41) is 7.60. The second kappa shape index (κ2) is 11.6. The fourth-order valence-electron chi connectivity index (χ4n) is 1.53. The van der Waals surface area contributed by atoms with Gasteiger partial charge < -0.3 is 21.0 Å². The number of aldehydes is 1. The van der Waals surface area contributed by atoms with Gasteiger partial charge in [-0.25, -0.2) is 0 Å². The molecule has 7 heteroatoms. The highest BCUT2D eigenvalue weighted by Crippen LogP contribution is 2.14. The SMILES string of the molecule is NC1CCCCC1.NCC(=O)O.O=Cc1ccc(Br)o1. The van der Waals surface area contributed by atoms with E-state index in [-0.39, 0.29) is 6.54 Å². The lowest BCUT2D eigenvalue weighted by Crippen LogP contribution is -2.22. The largest absolute Gasteiger partial charge is 0.480 e. The van der Waals surface area contributed by atoms with E-state index in [4.69, 9.17) is 15.3 Å². The zero-order valence-electron chi connectivity index (χ0n) is 11.3. The number of aliphatic carboxylic acids is 1. The summed E-state index contributed by atoms with van der Waals surface area (Å²) in [6, 6.07) is 3.80. The van der Waals surface area contributed by atoms with Gasteiger partial charge in [-0.05, 0) is 40.9 Å². The summed E-state index contributed by atoms with van der Waals surface area (Å²) in [5.74, 6) is -0.623. The number of halogens is 1. The third kappa shape index (κ3) is 10.7. The third-order valence-corrected chi connectivity index (χ3v) is 2.96. The highest BCUT2D eigenvalue weighted by atomic mass is 79.9. The van der Waals surface area contributed by atoms with Crippen LogP contribution >= 0.6 is 15.9 Å². The summed E-state index contributed by atoms with van der Waals surface area (Å²) in [6.07, 6.45) is 7.32. The molecule has 1 aliphatic rings. The summed E-state index contributed by atoms with van der Waals surface area (Å²) < 4.78 is 5.36. The smallest absolute Gasteiger partial charge is 0.317 e. The van der Waals surface area contributed by atoms with Crippen molar-refractivity contribution in [3.8, 4) is 0 Å². The van der Waals surface area contributed by atoms with Gasteiger partial charge in [0.1, 0.15) is 0 Å². The summed E-state index contributed by atoms with van der Waals surface area (Å²) in [5.41, 5.74) is 10.2. The number of carbonyl (C=O) groups is 2. The lowest BCUT2D eigenvalue weighted by molar-refractivity contribution is -0.135. The Labute approximate surface area is 126 Å². The van der Waals surface area contributed by atoms with Crippen LogP contribution in [0.2, 0.25) is 0 Å². The first-order chi connectivity index (χ1) is 9.49. The van der Waals surface area contributed by atoms with Crippen molar-refractivity contribution in [3.05, 3.63) is 22.6 Å². The Kier molecular flexibility index (Phi) is 10.9. The Morgan fingerprint density at radius 2 is 1.95 bits per heavy atom. The van der Waals surface area contributed by atoms with Crippen molar-refractivity contribution in [2.75, 3.05) is 6.54 Å². The van der Waals surface area contributed by atoms with E-state index in [1.165, 1.54) is 32.1 Å². The maximum absolute atomic E-state index is 9.91. The third-order valence-electron chi connectivity index (χ3n) is 2.53. The molecule has 0 aromatic carbocycles. The molecule has 1 fully saturated rings. The summed E-state index contributed by atoms with van der Waals surface area (Å²) in [7, 11) is 0. The van der Waals surface area contributed by atoms with Crippen molar-refractivity contribution in [2.24, 2.45) is 11.5 Å². The van der Waals surface area contributed by atoms with Crippen LogP contribution in [0.1, 0.15) is 42.7 Å². The molecule has 2 rings (SSSR count). The maximum Gasteiger partial charge on any atom is 0.317 e. The van der Waals surface area contributed by atoms with E-state index in [9.17, 15) is 9.59 Å². The number of nitrogens with two attached hydrogens (primary N) is 2. The fourth-order valence-corrected chi connectivity index (χ4v) is 1.84. The second-order valence-electron chi connectivity index (χ2n) is 4.26. The molecule has 0 bridgehead atoms. The van der Waals surface area contributed by atoms with Crippen LogP contribution in [0.15, 0.2) is 21.2 Å². The summed E-state index contributed by atoms with van der Waals surface area (Å²) in [4.78, 5) is 19.1. The van der Waals surface area contributed by atoms with Crippen molar-refractivity contribution in [1.82, 2.24) is 0 Å². The average molecular weight is 349 g/mol. The van der Waals surface area contributed by atoms with Gasteiger partial charge in [0.15, 0.2) is 16.7 Å². The number of furan rings is 1. The van der Waals surface area contributed by atoms with E-state index >= 15 is 0 Å². The fraction of sp³-hybridized carbons (Fsp3) is 0.538. The van der Waals surface area contributed by atoms with E-state index in [1.807, 2.05) is 0 Å². The minimum atomic E-state index is -0.968. The molecule has 1 aromatic heterocycles. The first-order valence-electron chi connectivity index (χ1n) is 6.37. The summed E-state index contributed by atoms with van der Waals surface area (Å²) in [6.45, 7) is -0.278. The molecule has 1 heterocycles. The molecule has 1 aromatic rings. The molecule has 114 valence electrons. The van der Waals surface area contributed by atoms with Crippen LogP contribution in [0.4, 0.5) is 0 Å². The predicted molar refractivity (Wildman–Crippen MR) is 79.5 cm³/mol. The van der Waals surface area contributed by atoms with Crippen molar-refractivity contribution >= 4 is 28.2 Å². The standard InChI is InChI=1S/C6H13N.C5H3BrO2.C2H5NO2/c7-6-4-2-1-3-5-6;6-5-2-1-4(3-7)8-5;3-1-2(4)5/h6H,1-5,7H2;1-3H;1,3H2,(H,4,5). The number of carboxylic acid groups (broad SMARTS) is 1. The molecule has 0 atom stereocenters. The van der Waals surface area contributed by atoms with Crippen LogP contribution in [-0.2, 0) is 4.79 Å². The Bertz CT molecular complexity index is 389. The van der Waals surface area contributed by atoms with Gasteiger partial charge in [0, 0.05) is 6.04 Å². The van der Waals surface area contributed by atoms with Gasteiger partial charge in [0.05, 0.1) is 6.54 Å². The highest BCUT2D eigenvalue weighted by molar-refractivity contribution is 9.10. The second-order valence-corrected chi connectivity index (χ2v) is 5.04. The van der Waals surface area contributed by atoms with E-state index in [0.29, 0.717) is 22.8 Å².